The Bertz CT molecular complexity index is 165. The summed E-state index contributed by atoms with van der Waals surface area (Å²) in [6.45, 7) is 2.02. The molecule has 6 radical (unpaired) electrons. The molecule has 0 saturated heterocycles. The Labute approximate surface area is 77.6 Å². The maximum atomic E-state index is 10.4. The molecule has 0 bridgehead atoms. The third-order valence-electron chi connectivity index (χ3n) is 1.28. The first kappa shape index (κ1) is 11.4. The van der Waals surface area contributed by atoms with Gasteiger partial charge in [-0.05, 0) is 6.42 Å². The summed E-state index contributed by atoms with van der Waals surface area (Å²) in [5, 5.41) is -1.61. The maximum absolute atomic E-state index is 10.4. The van der Waals surface area contributed by atoms with E-state index >= 15 is 0 Å². The second kappa shape index (κ2) is 5.12. The molecular weight excluding hydrogens is 147 g/mol. The van der Waals surface area contributed by atoms with Crippen molar-refractivity contribution in [2.24, 2.45) is 0 Å². The van der Waals surface area contributed by atoms with E-state index < -0.39 is 5.24 Å². The molecule has 0 aromatic heterocycles. The minimum absolute atomic E-state index is 0.492. The molecule has 12 heavy (non-hydrogen) atoms. The number of carbonyl (C=O) groups is 1. The number of carbonyl (C=O) groups excluding carboxylic acids is 1. The maximum Gasteiger partial charge on any atom is 0.212 e. The van der Waals surface area contributed by atoms with Gasteiger partial charge in [0.2, 0.25) is 6.41 Å². The van der Waals surface area contributed by atoms with Gasteiger partial charge in [-0.15, -0.1) is 0 Å². The van der Waals surface area contributed by atoms with Crippen molar-refractivity contribution in [2.75, 3.05) is 0 Å². The summed E-state index contributed by atoms with van der Waals surface area (Å²) in [6, 6.07) is 0. The molecule has 0 fully saturated rings. The molecule has 0 aromatic carbocycles. The molecule has 1 amide bonds. The van der Waals surface area contributed by atoms with Crippen molar-refractivity contribution >= 4 is 29.9 Å². The fourth-order valence-electron chi connectivity index (χ4n) is 0.610. The molecule has 5 heteroatoms. The van der Waals surface area contributed by atoms with Crippen LogP contribution >= 0.6 is 0 Å². The molecule has 0 saturated carbocycles. The topological polar surface area (TPSA) is 20.3 Å². The molecule has 2 nitrogen and oxygen atoms in total. The number of hydrogen-bond donors (Lipinski definition) is 0. The normalized spacial score (nSPS) is 11.8. The van der Waals surface area contributed by atoms with E-state index in [1.807, 2.05) is 6.92 Å². The lowest BCUT2D eigenvalue weighted by Gasteiger charge is -2.30. The van der Waals surface area contributed by atoms with E-state index in [2.05, 4.69) is 0 Å². The van der Waals surface area contributed by atoms with E-state index in [9.17, 15) is 4.79 Å². The second-order valence-corrected chi connectivity index (χ2v) is 2.57. The monoisotopic (exact) mass is 157 g/mol. The van der Waals surface area contributed by atoms with Crippen molar-refractivity contribution < 1.29 is 4.79 Å². The first-order valence-electron chi connectivity index (χ1n) is 3.79. The molecular formula is C7H10B3NO. The summed E-state index contributed by atoms with van der Waals surface area (Å²) in [5.41, 5.74) is 0. The summed E-state index contributed by atoms with van der Waals surface area (Å²) in [6.07, 6.45) is 5.62. The molecule has 0 aliphatic carbocycles. The fraction of sp³-hybridized carbons (Fsp3) is 0.571. The zero-order chi connectivity index (χ0) is 9.61. The van der Waals surface area contributed by atoms with Gasteiger partial charge >= 0.3 is 0 Å². The molecule has 0 heterocycles. The predicted molar refractivity (Wildman–Crippen MR) is 51.9 cm³/mol. The van der Waals surface area contributed by atoms with E-state index in [-0.39, 0.29) is 0 Å². The van der Waals surface area contributed by atoms with E-state index in [0.717, 1.165) is 17.7 Å². The SMILES string of the molecule is [B]C([B])([B])N(C=O)/C=C\CCC. The molecule has 0 spiro atoms. The Morgan fingerprint density at radius 2 is 2.00 bits per heavy atom. The van der Waals surface area contributed by atoms with E-state index in [1.165, 1.54) is 6.20 Å². The van der Waals surface area contributed by atoms with Crippen molar-refractivity contribution in [3.8, 4) is 0 Å². The van der Waals surface area contributed by atoms with Crippen LogP contribution in [0.25, 0.3) is 0 Å². The van der Waals surface area contributed by atoms with Crippen LogP contribution in [0.4, 0.5) is 0 Å². The quantitative estimate of drug-likeness (QED) is 0.401. The Hall–Kier alpha value is -0.595. The Balaban J connectivity index is 4.09. The molecule has 0 atom stereocenters. The first-order chi connectivity index (χ1) is 5.52. The van der Waals surface area contributed by atoms with Gasteiger partial charge in [-0.25, -0.2) is 0 Å². The lowest BCUT2D eigenvalue weighted by molar-refractivity contribution is -0.116. The van der Waals surface area contributed by atoms with Gasteiger partial charge in [0.1, 0.15) is 0 Å². The largest absolute Gasteiger partial charge is 0.342 e. The van der Waals surface area contributed by atoms with Gasteiger partial charge in [0, 0.05) is 6.20 Å². The number of nitrogens with zero attached hydrogens (tertiary/aromatic N) is 1. The number of allylic oxidation sites excluding steroid dienone is 1. The highest BCUT2D eigenvalue weighted by atomic mass is 16.1. The van der Waals surface area contributed by atoms with Crippen LogP contribution in [0.15, 0.2) is 12.3 Å². The van der Waals surface area contributed by atoms with Gasteiger partial charge < -0.3 is 4.90 Å². The Morgan fingerprint density at radius 3 is 2.33 bits per heavy atom. The number of rotatable bonds is 5. The van der Waals surface area contributed by atoms with Gasteiger partial charge in [-0.1, -0.05) is 24.7 Å². The summed E-state index contributed by atoms with van der Waals surface area (Å²) >= 11 is 0. The average Bonchev–Trinajstić information content (AvgIpc) is 1.95. The van der Waals surface area contributed by atoms with Crippen molar-refractivity contribution in [2.45, 2.75) is 25.0 Å². The zero-order valence-electron chi connectivity index (χ0n) is 7.23. The standard InChI is InChI=1S/C7H10B3NO/c1-2-3-4-5-11(6-12)7(8,9)10/h4-6H,2-3H2,1H3/b5-4-. The van der Waals surface area contributed by atoms with Gasteiger partial charge in [-0.2, -0.15) is 0 Å². The highest BCUT2D eigenvalue weighted by molar-refractivity contribution is 6.59. The minimum atomic E-state index is -1.61. The van der Waals surface area contributed by atoms with Gasteiger partial charge in [-0.3, -0.25) is 4.79 Å². The molecule has 0 aromatic rings. The summed E-state index contributed by atoms with van der Waals surface area (Å²) in [7, 11) is 15.8. The average molecular weight is 157 g/mol. The second-order valence-electron chi connectivity index (χ2n) is 2.57. The fourth-order valence-corrected chi connectivity index (χ4v) is 0.610. The lowest BCUT2D eigenvalue weighted by atomic mass is 9.48. The number of unbranched alkanes of at least 4 members (excludes halogenated alkanes) is 1. The van der Waals surface area contributed by atoms with Gasteiger partial charge in [0.15, 0.2) is 0 Å². The van der Waals surface area contributed by atoms with Crippen molar-refractivity contribution in [1.29, 1.82) is 0 Å². The smallest absolute Gasteiger partial charge is 0.212 e. The first-order valence-corrected chi connectivity index (χ1v) is 3.79. The molecule has 0 N–H and O–H groups in total. The van der Waals surface area contributed by atoms with Gasteiger partial charge in [0.05, 0.1) is 23.5 Å². The highest BCUT2D eigenvalue weighted by Crippen LogP contribution is 2.00. The van der Waals surface area contributed by atoms with Crippen LogP contribution in [-0.4, -0.2) is 40.1 Å². The molecule has 0 aliphatic heterocycles. The third kappa shape index (κ3) is 4.32. The number of hydrogen-bond acceptors (Lipinski definition) is 1. The number of amides is 1. The minimum Gasteiger partial charge on any atom is -0.342 e. The van der Waals surface area contributed by atoms with Gasteiger partial charge in [0.25, 0.3) is 0 Å². The molecule has 0 rings (SSSR count). The van der Waals surface area contributed by atoms with Crippen LogP contribution in [-0.2, 0) is 4.79 Å². The van der Waals surface area contributed by atoms with Crippen LogP contribution in [0.2, 0.25) is 0 Å². The summed E-state index contributed by atoms with van der Waals surface area (Å²) in [5.74, 6) is 0. The lowest BCUT2D eigenvalue weighted by Crippen LogP contribution is -2.46. The van der Waals surface area contributed by atoms with E-state index in [1.54, 1.807) is 6.08 Å². The summed E-state index contributed by atoms with van der Waals surface area (Å²) in [4.78, 5) is 11.4. The van der Waals surface area contributed by atoms with Crippen LogP contribution in [0.5, 0.6) is 0 Å². The van der Waals surface area contributed by atoms with Crippen molar-refractivity contribution in [3.63, 3.8) is 0 Å². The molecule has 0 aliphatic rings. The highest BCUT2D eigenvalue weighted by Gasteiger charge is 2.14. The van der Waals surface area contributed by atoms with E-state index in [0.29, 0.717) is 6.41 Å². The van der Waals surface area contributed by atoms with Crippen molar-refractivity contribution in [3.05, 3.63) is 12.3 Å². The molecule has 58 valence electrons. The zero-order valence-corrected chi connectivity index (χ0v) is 7.23. The van der Waals surface area contributed by atoms with Crippen LogP contribution in [0.1, 0.15) is 19.8 Å². The summed E-state index contributed by atoms with van der Waals surface area (Å²) < 4.78 is 0. The molecule has 0 unspecified atom stereocenters. The van der Waals surface area contributed by atoms with Crippen LogP contribution in [0, 0.1) is 0 Å². The Morgan fingerprint density at radius 1 is 1.42 bits per heavy atom. The third-order valence-corrected chi connectivity index (χ3v) is 1.28. The Kier molecular flexibility index (Phi) is 4.87. The van der Waals surface area contributed by atoms with Crippen LogP contribution in [0.3, 0.4) is 0 Å². The predicted octanol–water partition coefficient (Wildman–Crippen LogP) is -0.125. The van der Waals surface area contributed by atoms with E-state index in [4.69, 9.17) is 23.5 Å². The van der Waals surface area contributed by atoms with Crippen molar-refractivity contribution in [1.82, 2.24) is 4.90 Å². The van der Waals surface area contributed by atoms with Crippen LogP contribution < -0.4 is 0 Å².